The van der Waals surface area contributed by atoms with Crippen LogP contribution in [0.15, 0.2) is 18.2 Å². The molecule has 19 heavy (non-hydrogen) atoms. The fraction of sp³-hybridized carbons (Fsp3) is 0.438. The number of rotatable bonds is 4. The summed E-state index contributed by atoms with van der Waals surface area (Å²) in [5.74, 6) is 0. The first-order valence-electron chi connectivity index (χ1n) is 6.77. The third-order valence-electron chi connectivity index (χ3n) is 3.56. The normalized spacial score (nSPS) is 12.7. The monoisotopic (exact) mass is 274 g/mol. The third kappa shape index (κ3) is 3.04. The summed E-state index contributed by atoms with van der Waals surface area (Å²) in [6, 6.07) is 6.89. The van der Waals surface area contributed by atoms with E-state index < -0.39 is 0 Å². The summed E-state index contributed by atoms with van der Waals surface area (Å²) in [4.78, 5) is 6.02. The Balaban J connectivity index is 2.41. The number of aryl methyl sites for hydroxylation is 4. The fourth-order valence-electron chi connectivity index (χ4n) is 2.12. The average Bonchev–Trinajstić information content (AvgIpc) is 2.70. The second-order valence-electron chi connectivity index (χ2n) is 5.03. The van der Waals surface area contributed by atoms with Crippen LogP contribution < -0.4 is 5.32 Å². The van der Waals surface area contributed by atoms with E-state index in [2.05, 4.69) is 58.1 Å². The average molecular weight is 274 g/mol. The molecule has 1 aromatic heterocycles. The van der Waals surface area contributed by atoms with E-state index in [9.17, 15) is 0 Å². The topological polar surface area (TPSA) is 24.9 Å². The van der Waals surface area contributed by atoms with Gasteiger partial charge in [-0.2, -0.15) is 0 Å². The van der Waals surface area contributed by atoms with Gasteiger partial charge in [0.25, 0.3) is 0 Å². The summed E-state index contributed by atoms with van der Waals surface area (Å²) in [6.07, 6.45) is 0. The number of hydrogen-bond donors (Lipinski definition) is 1. The molecule has 0 bridgehead atoms. The number of thiazole rings is 1. The standard InChI is InChI=1S/C16H22N2S/c1-6-17-15(16-18-12(4)13(5)19-16)14-8-7-10(2)11(3)9-14/h7-9,15,17H,6H2,1-5H3. The molecule has 0 amide bonds. The zero-order valence-corrected chi connectivity index (χ0v) is 13.2. The minimum absolute atomic E-state index is 0.210. The molecular formula is C16H22N2S. The molecule has 102 valence electrons. The Morgan fingerprint density at radius 2 is 1.89 bits per heavy atom. The van der Waals surface area contributed by atoms with Crippen molar-refractivity contribution in [2.75, 3.05) is 6.54 Å². The number of nitrogens with zero attached hydrogens (tertiary/aromatic N) is 1. The van der Waals surface area contributed by atoms with Crippen LogP contribution >= 0.6 is 11.3 Å². The van der Waals surface area contributed by atoms with Gasteiger partial charge in [-0.15, -0.1) is 11.3 Å². The lowest BCUT2D eigenvalue weighted by molar-refractivity contribution is 0.625. The van der Waals surface area contributed by atoms with Crippen LogP contribution in [0.1, 0.15) is 45.2 Å². The number of nitrogens with one attached hydrogen (secondary N) is 1. The zero-order valence-electron chi connectivity index (χ0n) is 12.4. The lowest BCUT2D eigenvalue weighted by Gasteiger charge is -2.17. The lowest BCUT2D eigenvalue weighted by Crippen LogP contribution is -2.22. The summed E-state index contributed by atoms with van der Waals surface area (Å²) in [5, 5.41) is 4.72. The molecule has 0 spiro atoms. The molecule has 0 saturated heterocycles. The molecule has 0 aliphatic heterocycles. The summed E-state index contributed by atoms with van der Waals surface area (Å²) in [7, 11) is 0. The molecule has 1 atom stereocenters. The van der Waals surface area contributed by atoms with Gasteiger partial charge in [-0.05, 0) is 50.9 Å². The van der Waals surface area contributed by atoms with Crippen molar-refractivity contribution in [2.45, 2.75) is 40.7 Å². The second kappa shape index (κ2) is 5.85. The van der Waals surface area contributed by atoms with Crippen LogP contribution in [0.5, 0.6) is 0 Å². The van der Waals surface area contributed by atoms with Gasteiger partial charge in [0.15, 0.2) is 0 Å². The molecule has 0 aliphatic carbocycles. The van der Waals surface area contributed by atoms with Crippen LogP contribution in [0.25, 0.3) is 0 Å². The predicted molar refractivity (Wildman–Crippen MR) is 83.0 cm³/mol. The Hall–Kier alpha value is -1.19. The van der Waals surface area contributed by atoms with E-state index in [4.69, 9.17) is 4.98 Å². The Kier molecular flexibility index (Phi) is 4.38. The van der Waals surface area contributed by atoms with E-state index in [0.717, 1.165) is 12.2 Å². The molecule has 3 heteroatoms. The van der Waals surface area contributed by atoms with Crippen LogP contribution in [-0.2, 0) is 0 Å². The van der Waals surface area contributed by atoms with Crippen molar-refractivity contribution >= 4 is 11.3 Å². The van der Waals surface area contributed by atoms with Gasteiger partial charge >= 0.3 is 0 Å². The quantitative estimate of drug-likeness (QED) is 0.909. The first-order valence-corrected chi connectivity index (χ1v) is 7.59. The number of hydrogen-bond acceptors (Lipinski definition) is 3. The molecule has 2 nitrogen and oxygen atoms in total. The van der Waals surface area contributed by atoms with Crippen molar-refractivity contribution in [1.29, 1.82) is 0 Å². The Labute approximate surface area is 119 Å². The summed E-state index contributed by atoms with van der Waals surface area (Å²) < 4.78 is 0. The first-order chi connectivity index (χ1) is 9.02. The van der Waals surface area contributed by atoms with E-state index in [-0.39, 0.29) is 6.04 Å². The zero-order chi connectivity index (χ0) is 14.0. The van der Waals surface area contributed by atoms with Crippen LogP contribution in [0.4, 0.5) is 0 Å². The lowest BCUT2D eigenvalue weighted by atomic mass is 10.0. The highest BCUT2D eigenvalue weighted by atomic mass is 32.1. The van der Waals surface area contributed by atoms with Gasteiger partial charge in [-0.25, -0.2) is 4.98 Å². The molecule has 0 fully saturated rings. The van der Waals surface area contributed by atoms with Crippen LogP contribution in [0.3, 0.4) is 0 Å². The molecule has 0 saturated carbocycles. The Morgan fingerprint density at radius 3 is 2.42 bits per heavy atom. The minimum atomic E-state index is 0.210. The second-order valence-corrected chi connectivity index (χ2v) is 6.26. The van der Waals surface area contributed by atoms with Crippen LogP contribution in [0.2, 0.25) is 0 Å². The summed E-state index contributed by atoms with van der Waals surface area (Å²) >= 11 is 1.79. The van der Waals surface area contributed by atoms with Crippen molar-refractivity contribution < 1.29 is 0 Å². The van der Waals surface area contributed by atoms with Gasteiger partial charge in [-0.3, -0.25) is 0 Å². The van der Waals surface area contributed by atoms with E-state index >= 15 is 0 Å². The molecule has 2 rings (SSSR count). The molecule has 1 heterocycles. The van der Waals surface area contributed by atoms with Gasteiger partial charge in [0.2, 0.25) is 0 Å². The van der Waals surface area contributed by atoms with Crippen molar-refractivity contribution in [3.05, 3.63) is 50.5 Å². The molecule has 0 aliphatic rings. The molecular weight excluding hydrogens is 252 g/mol. The van der Waals surface area contributed by atoms with E-state index in [1.807, 2.05) is 0 Å². The first kappa shape index (κ1) is 14.2. The SMILES string of the molecule is CCNC(c1ccc(C)c(C)c1)c1nc(C)c(C)s1. The van der Waals surface area contributed by atoms with E-state index in [0.29, 0.717) is 0 Å². The highest BCUT2D eigenvalue weighted by molar-refractivity contribution is 7.11. The van der Waals surface area contributed by atoms with Gasteiger partial charge in [0.05, 0.1) is 11.7 Å². The minimum Gasteiger partial charge on any atom is -0.305 e. The van der Waals surface area contributed by atoms with Gasteiger partial charge in [0, 0.05) is 4.88 Å². The van der Waals surface area contributed by atoms with Gasteiger partial charge < -0.3 is 5.32 Å². The smallest absolute Gasteiger partial charge is 0.115 e. The summed E-state index contributed by atoms with van der Waals surface area (Å²) in [6.45, 7) is 11.6. The van der Waals surface area contributed by atoms with Crippen molar-refractivity contribution in [3.8, 4) is 0 Å². The Bertz CT molecular complexity index is 553. The molecule has 1 aromatic carbocycles. The fourth-order valence-corrected chi connectivity index (χ4v) is 3.14. The van der Waals surface area contributed by atoms with E-state index in [1.165, 1.54) is 26.6 Å². The maximum absolute atomic E-state index is 4.71. The van der Waals surface area contributed by atoms with Crippen molar-refractivity contribution in [1.82, 2.24) is 10.3 Å². The highest BCUT2D eigenvalue weighted by Gasteiger charge is 2.18. The molecule has 0 radical (unpaired) electrons. The van der Waals surface area contributed by atoms with Gasteiger partial charge in [-0.1, -0.05) is 25.1 Å². The Morgan fingerprint density at radius 1 is 1.16 bits per heavy atom. The maximum atomic E-state index is 4.71. The third-order valence-corrected chi connectivity index (χ3v) is 4.70. The van der Waals surface area contributed by atoms with Crippen molar-refractivity contribution in [2.24, 2.45) is 0 Å². The van der Waals surface area contributed by atoms with Crippen molar-refractivity contribution in [3.63, 3.8) is 0 Å². The number of benzene rings is 1. The molecule has 2 aromatic rings. The number of aromatic nitrogens is 1. The molecule has 1 unspecified atom stereocenters. The van der Waals surface area contributed by atoms with Crippen LogP contribution in [0, 0.1) is 27.7 Å². The highest BCUT2D eigenvalue weighted by Crippen LogP contribution is 2.28. The predicted octanol–water partition coefficient (Wildman–Crippen LogP) is 4.08. The maximum Gasteiger partial charge on any atom is 0.115 e. The molecule has 1 N–H and O–H groups in total. The summed E-state index contributed by atoms with van der Waals surface area (Å²) in [5.41, 5.74) is 5.13. The largest absolute Gasteiger partial charge is 0.305 e. The van der Waals surface area contributed by atoms with Crippen LogP contribution in [-0.4, -0.2) is 11.5 Å². The van der Waals surface area contributed by atoms with E-state index in [1.54, 1.807) is 11.3 Å². The van der Waals surface area contributed by atoms with Gasteiger partial charge in [0.1, 0.15) is 5.01 Å².